The van der Waals surface area contributed by atoms with E-state index in [4.69, 9.17) is 9.47 Å². The summed E-state index contributed by atoms with van der Waals surface area (Å²) in [6.45, 7) is 5.43. The maximum atomic E-state index is 12.5. The molecule has 128 valence electrons. The van der Waals surface area contributed by atoms with Crippen LogP contribution in [0.15, 0.2) is 47.5 Å². The van der Waals surface area contributed by atoms with Crippen molar-refractivity contribution in [2.45, 2.75) is 26.7 Å². The SMILES string of the molecule is CCOC(=O)C1=C([O-])C=C(C)C(C(=O)OCC)C1c1ccncc1. The van der Waals surface area contributed by atoms with Gasteiger partial charge < -0.3 is 14.6 Å². The standard InChI is InChI=1S/C18H21NO5/c1-4-23-17(21)14-11(3)10-13(20)16(18(22)24-5-2)15(14)12-6-8-19-9-7-12/h6-10,14-15,20H,4-5H2,1-3H3/p-1. The summed E-state index contributed by atoms with van der Waals surface area (Å²) in [6, 6.07) is 3.37. The number of pyridine rings is 1. The van der Waals surface area contributed by atoms with Crippen molar-refractivity contribution < 1.29 is 24.2 Å². The molecule has 24 heavy (non-hydrogen) atoms. The zero-order valence-electron chi connectivity index (χ0n) is 13.9. The predicted octanol–water partition coefficient (Wildman–Crippen LogP) is 1.48. The van der Waals surface area contributed by atoms with E-state index in [9.17, 15) is 14.7 Å². The van der Waals surface area contributed by atoms with Crippen LogP contribution in [0.4, 0.5) is 0 Å². The zero-order valence-corrected chi connectivity index (χ0v) is 13.9. The average Bonchev–Trinajstić information content (AvgIpc) is 2.55. The van der Waals surface area contributed by atoms with E-state index < -0.39 is 29.5 Å². The smallest absolute Gasteiger partial charge is 0.334 e. The minimum absolute atomic E-state index is 0.0493. The van der Waals surface area contributed by atoms with Crippen molar-refractivity contribution >= 4 is 11.9 Å². The van der Waals surface area contributed by atoms with Crippen molar-refractivity contribution in [3.05, 3.63) is 53.1 Å². The van der Waals surface area contributed by atoms with Gasteiger partial charge in [-0.2, -0.15) is 0 Å². The highest BCUT2D eigenvalue weighted by molar-refractivity contribution is 5.94. The molecule has 0 N–H and O–H groups in total. The van der Waals surface area contributed by atoms with Crippen molar-refractivity contribution in [2.75, 3.05) is 13.2 Å². The number of esters is 2. The number of rotatable bonds is 5. The fourth-order valence-electron chi connectivity index (χ4n) is 2.88. The Morgan fingerprint density at radius 3 is 2.38 bits per heavy atom. The molecule has 1 heterocycles. The maximum absolute atomic E-state index is 12.5. The van der Waals surface area contributed by atoms with Gasteiger partial charge in [-0.1, -0.05) is 17.4 Å². The molecule has 1 aliphatic rings. The Balaban J connectivity index is 2.58. The second kappa shape index (κ2) is 7.77. The molecular formula is C18H20NO5-. The van der Waals surface area contributed by atoms with E-state index in [1.165, 1.54) is 6.08 Å². The van der Waals surface area contributed by atoms with E-state index >= 15 is 0 Å². The second-order valence-electron chi connectivity index (χ2n) is 5.37. The van der Waals surface area contributed by atoms with Gasteiger partial charge in [0, 0.05) is 23.9 Å². The third-order valence-electron chi connectivity index (χ3n) is 3.86. The van der Waals surface area contributed by atoms with Gasteiger partial charge in [-0.3, -0.25) is 9.78 Å². The number of hydrogen-bond donors (Lipinski definition) is 0. The molecule has 2 atom stereocenters. The van der Waals surface area contributed by atoms with Gasteiger partial charge in [-0.25, -0.2) is 4.79 Å². The number of carbonyl (C=O) groups is 2. The van der Waals surface area contributed by atoms with E-state index in [0.29, 0.717) is 11.1 Å². The van der Waals surface area contributed by atoms with Gasteiger partial charge in [0.15, 0.2) is 0 Å². The molecule has 6 nitrogen and oxygen atoms in total. The summed E-state index contributed by atoms with van der Waals surface area (Å²) in [6.07, 6.45) is 4.42. The molecule has 1 aromatic rings. The van der Waals surface area contributed by atoms with E-state index in [1.54, 1.807) is 45.3 Å². The first-order valence-electron chi connectivity index (χ1n) is 7.84. The van der Waals surface area contributed by atoms with Crippen LogP contribution in [0.5, 0.6) is 0 Å². The summed E-state index contributed by atoms with van der Waals surface area (Å²) in [5, 5.41) is 12.4. The van der Waals surface area contributed by atoms with Crippen LogP contribution in [0.25, 0.3) is 0 Å². The molecule has 0 saturated carbocycles. The highest BCUT2D eigenvalue weighted by atomic mass is 16.5. The Kier molecular flexibility index (Phi) is 5.73. The second-order valence-corrected chi connectivity index (χ2v) is 5.37. The quantitative estimate of drug-likeness (QED) is 0.760. The third kappa shape index (κ3) is 3.48. The molecule has 6 heteroatoms. The minimum atomic E-state index is -0.747. The van der Waals surface area contributed by atoms with Gasteiger partial charge in [0.1, 0.15) is 0 Å². The number of hydrogen-bond acceptors (Lipinski definition) is 6. The van der Waals surface area contributed by atoms with Crippen molar-refractivity contribution in [1.82, 2.24) is 4.98 Å². The van der Waals surface area contributed by atoms with Crippen molar-refractivity contribution in [3.8, 4) is 0 Å². The highest BCUT2D eigenvalue weighted by Crippen LogP contribution is 2.41. The number of nitrogens with zero attached hydrogens (tertiary/aromatic N) is 1. The lowest BCUT2D eigenvalue weighted by atomic mass is 9.73. The van der Waals surface area contributed by atoms with Crippen LogP contribution in [-0.2, 0) is 19.1 Å². The van der Waals surface area contributed by atoms with Crippen LogP contribution < -0.4 is 5.11 Å². The fourth-order valence-corrected chi connectivity index (χ4v) is 2.88. The number of aromatic nitrogens is 1. The van der Waals surface area contributed by atoms with Gasteiger partial charge in [0.2, 0.25) is 0 Å². The first-order valence-corrected chi connectivity index (χ1v) is 7.84. The average molecular weight is 330 g/mol. The molecule has 0 fully saturated rings. The van der Waals surface area contributed by atoms with Crippen LogP contribution in [0.2, 0.25) is 0 Å². The molecular weight excluding hydrogens is 310 g/mol. The largest absolute Gasteiger partial charge is 0.872 e. The molecule has 0 bridgehead atoms. The maximum Gasteiger partial charge on any atom is 0.334 e. The molecule has 0 radical (unpaired) electrons. The normalized spacial score (nSPS) is 20.4. The first kappa shape index (κ1) is 17.7. The summed E-state index contributed by atoms with van der Waals surface area (Å²) < 4.78 is 10.2. The lowest BCUT2D eigenvalue weighted by Gasteiger charge is -2.34. The van der Waals surface area contributed by atoms with E-state index in [-0.39, 0.29) is 18.8 Å². The molecule has 2 rings (SSSR count). The Morgan fingerprint density at radius 1 is 1.17 bits per heavy atom. The molecule has 0 spiro atoms. The summed E-state index contributed by atoms with van der Waals surface area (Å²) in [5.41, 5.74) is 1.16. The number of carbonyl (C=O) groups excluding carboxylic acids is 2. The van der Waals surface area contributed by atoms with Gasteiger partial charge in [0.05, 0.1) is 19.1 Å². The monoisotopic (exact) mass is 330 g/mol. The first-order chi connectivity index (χ1) is 11.5. The van der Waals surface area contributed by atoms with Gasteiger partial charge in [-0.05, 0) is 38.5 Å². The van der Waals surface area contributed by atoms with Gasteiger partial charge >= 0.3 is 11.9 Å². The lowest BCUT2D eigenvalue weighted by Crippen LogP contribution is -2.34. The highest BCUT2D eigenvalue weighted by Gasteiger charge is 2.40. The summed E-state index contributed by atoms with van der Waals surface area (Å²) in [7, 11) is 0. The zero-order chi connectivity index (χ0) is 17.7. The van der Waals surface area contributed by atoms with Crippen LogP contribution in [-0.4, -0.2) is 30.1 Å². The Bertz CT molecular complexity index is 678. The van der Waals surface area contributed by atoms with Crippen LogP contribution in [0.1, 0.15) is 32.3 Å². The van der Waals surface area contributed by atoms with Gasteiger partial charge in [0.25, 0.3) is 0 Å². The van der Waals surface area contributed by atoms with Gasteiger partial charge in [-0.15, -0.1) is 0 Å². The van der Waals surface area contributed by atoms with Crippen molar-refractivity contribution in [2.24, 2.45) is 5.92 Å². The van der Waals surface area contributed by atoms with Crippen molar-refractivity contribution in [1.29, 1.82) is 0 Å². The Labute approximate surface area is 140 Å². The van der Waals surface area contributed by atoms with E-state index in [1.807, 2.05) is 0 Å². The van der Waals surface area contributed by atoms with E-state index in [2.05, 4.69) is 4.98 Å². The summed E-state index contributed by atoms with van der Waals surface area (Å²) in [4.78, 5) is 28.8. The topological polar surface area (TPSA) is 88.6 Å². The van der Waals surface area contributed by atoms with Crippen LogP contribution >= 0.6 is 0 Å². The minimum Gasteiger partial charge on any atom is -0.872 e. The van der Waals surface area contributed by atoms with E-state index in [0.717, 1.165) is 0 Å². The van der Waals surface area contributed by atoms with Crippen molar-refractivity contribution in [3.63, 3.8) is 0 Å². The number of allylic oxidation sites excluding steroid dienone is 1. The molecule has 0 amide bonds. The Morgan fingerprint density at radius 2 is 1.79 bits per heavy atom. The number of ether oxygens (including phenoxy) is 2. The predicted molar refractivity (Wildman–Crippen MR) is 84.5 cm³/mol. The molecule has 0 aliphatic heterocycles. The molecule has 1 aliphatic carbocycles. The molecule has 2 unspecified atom stereocenters. The molecule has 1 aromatic heterocycles. The fraction of sp³-hybridized carbons (Fsp3) is 0.389. The third-order valence-corrected chi connectivity index (χ3v) is 3.86. The van der Waals surface area contributed by atoms with Crippen LogP contribution in [0, 0.1) is 5.92 Å². The molecule has 0 saturated heterocycles. The summed E-state index contributed by atoms with van der Waals surface area (Å²) >= 11 is 0. The molecule has 0 aromatic carbocycles. The Hall–Kier alpha value is -2.63. The lowest BCUT2D eigenvalue weighted by molar-refractivity contribution is -0.297. The summed E-state index contributed by atoms with van der Waals surface area (Å²) in [5.74, 6) is -3.11. The van der Waals surface area contributed by atoms with Crippen LogP contribution in [0.3, 0.4) is 0 Å².